The second kappa shape index (κ2) is 4.51. The lowest BCUT2D eigenvalue weighted by molar-refractivity contribution is 0.143. The Hall–Kier alpha value is -1.26. The van der Waals surface area contributed by atoms with Crippen molar-refractivity contribution in [2.24, 2.45) is 0 Å². The van der Waals surface area contributed by atoms with Gasteiger partial charge in [-0.2, -0.15) is 0 Å². The molecule has 0 aliphatic heterocycles. The molecule has 0 radical (unpaired) electrons. The van der Waals surface area contributed by atoms with Crippen molar-refractivity contribution in [3.8, 4) is 11.8 Å². The normalized spacial score (nSPS) is 11.1. The maximum Gasteiger partial charge on any atom is 0.120 e. The quantitative estimate of drug-likeness (QED) is 0.694. The molecule has 15 heavy (non-hydrogen) atoms. The zero-order valence-corrected chi connectivity index (χ0v) is 9.83. The highest BCUT2D eigenvalue weighted by Crippen LogP contribution is 2.15. The SMILES string of the molecule is CC(C)c1cccc(C#CC(C)(C)O)c1. The molecule has 0 heterocycles. The van der Waals surface area contributed by atoms with Crippen molar-refractivity contribution in [3.05, 3.63) is 35.4 Å². The maximum absolute atomic E-state index is 9.48. The van der Waals surface area contributed by atoms with Gasteiger partial charge in [-0.05, 0) is 37.5 Å². The zero-order chi connectivity index (χ0) is 11.5. The molecule has 0 spiro atoms. The first-order valence-corrected chi connectivity index (χ1v) is 5.24. The molecule has 1 aromatic carbocycles. The van der Waals surface area contributed by atoms with Gasteiger partial charge in [0.05, 0.1) is 0 Å². The fourth-order valence-electron chi connectivity index (χ4n) is 1.20. The molecule has 0 saturated carbocycles. The van der Waals surface area contributed by atoms with Crippen molar-refractivity contribution < 1.29 is 5.11 Å². The molecular weight excluding hydrogens is 184 g/mol. The summed E-state index contributed by atoms with van der Waals surface area (Å²) in [5, 5.41) is 9.48. The second-order valence-corrected chi connectivity index (χ2v) is 4.59. The Morgan fingerprint density at radius 1 is 1.27 bits per heavy atom. The van der Waals surface area contributed by atoms with Crippen LogP contribution in [0.1, 0.15) is 44.7 Å². The Morgan fingerprint density at radius 3 is 2.47 bits per heavy atom. The van der Waals surface area contributed by atoms with Crippen LogP contribution in [0, 0.1) is 11.8 Å². The summed E-state index contributed by atoms with van der Waals surface area (Å²) in [6.07, 6.45) is 0. The molecule has 0 atom stereocenters. The number of benzene rings is 1. The summed E-state index contributed by atoms with van der Waals surface area (Å²) >= 11 is 0. The van der Waals surface area contributed by atoms with E-state index in [2.05, 4.69) is 37.8 Å². The highest BCUT2D eigenvalue weighted by atomic mass is 16.3. The van der Waals surface area contributed by atoms with Crippen LogP contribution in [0.2, 0.25) is 0 Å². The molecule has 1 N–H and O–H groups in total. The maximum atomic E-state index is 9.48. The van der Waals surface area contributed by atoms with Crippen molar-refractivity contribution in [1.29, 1.82) is 0 Å². The minimum absolute atomic E-state index is 0.508. The summed E-state index contributed by atoms with van der Waals surface area (Å²) in [6, 6.07) is 8.14. The monoisotopic (exact) mass is 202 g/mol. The van der Waals surface area contributed by atoms with Crippen LogP contribution in [-0.4, -0.2) is 10.7 Å². The lowest BCUT2D eigenvalue weighted by Crippen LogP contribution is -2.14. The minimum Gasteiger partial charge on any atom is -0.378 e. The molecule has 1 heteroatoms. The van der Waals surface area contributed by atoms with Crippen molar-refractivity contribution >= 4 is 0 Å². The number of aliphatic hydroxyl groups is 1. The second-order valence-electron chi connectivity index (χ2n) is 4.59. The molecule has 0 aromatic heterocycles. The smallest absolute Gasteiger partial charge is 0.120 e. The molecule has 1 nitrogen and oxygen atoms in total. The van der Waals surface area contributed by atoms with Crippen molar-refractivity contribution in [3.63, 3.8) is 0 Å². The Labute approximate surface area is 92.1 Å². The third-order valence-electron chi connectivity index (χ3n) is 2.07. The first-order valence-electron chi connectivity index (χ1n) is 5.24. The predicted molar refractivity (Wildman–Crippen MR) is 63.7 cm³/mol. The van der Waals surface area contributed by atoms with Gasteiger partial charge in [0.1, 0.15) is 5.60 Å². The molecule has 0 unspecified atom stereocenters. The highest BCUT2D eigenvalue weighted by Gasteiger charge is 2.05. The van der Waals surface area contributed by atoms with Crippen LogP contribution >= 0.6 is 0 Å². The van der Waals surface area contributed by atoms with Gasteiger partial charge >= 0.3 is 0 Å². The summed E-state index contributed by atoms with van der Waals surface area (Å²) in [5.41, 5.74) is 1.31. The van der Waals surface area contributed by atoms with Gasteiger partial charge in [0.25, 0.3) is 0 Å². The van der Waals surface area contributed by atoms with Gasteiger partial charge in [0, 0.05) is 5.56 Å². The molecule has 0 fully saturated rings. The molecule has 1 rings (SSSR count). The number of rotatable bonds is 1. The van der Waals surface area contributed by atoms with E-state index in [0.717, 1.165) is 5.56 Å². The van der Waals surface area contributed by atoms with Gasteiger partial charge in [-0.3, -0.25) is 0 Å². The van der Waals surface area contributed by atoms with E-state index >= 15 is 0 Å². The lowest BCUT2D eigenvalue weighted by atomic mass is 10.0. The van der Waals surface area contributed by atoms with Crippen LogP contribution < -0.4 is 0 Å². The summed E-state index contributed by atoms with van der Waals surface area (Å²) in [5.74, 6) is 6.30. The van der Waals surface area contributed by atoms with Gasteiger partial charge in [-0.15, -0.1) is 0 Å². The summed E-state index contributed by atoms with van der Waals surface area (Å²) in [4.78, 5) is 0. The van der Waals surface area contributed by atoms with E-state index in [-0.39, 0.29) is 0 Å². The van der Waals surface area contributed by atoms with Crippen molar-refractivity contribution in [2.45, 2.75) is 39.2 Å². The van der Waals surface area contributed by atoms with Crippen LogP contribution in [-0.2, 0) is 0 Å². The highest BCUT2D eigenvalue weighted by molar-refractivity contribution is 5.39. The van der Waals surface area contributed by atoms with Crippen LogP contribution in [0.4, 0.5) is 0 Å². The average Bonchev–Trinajstić information content (AvgIpc) is 2.14. The molecular formula is C14H18O. The zero-order valence-electron chi connectivity index (χ0n) is 9.83. The first kappa shape index (κ1) is 11.8. The standard InChI is InChI=1S/C14H18O/c1-11(2)13-7-5-6-12(10-13)8-9-14(3,4)15/h5-7,10-11,15H,1-4H3. The third kappa shape index (κ3) is 4.18. The van der Waals surface area contributed by atoms with E-state index in [0.29, 0.717) is 5.92 Å². The Kier molecular flexibility index (Phi) is 3.55. The molecule has 1 aromatic rings. The van der Waals surface area contributed by atoms with Crippen molar-refractivity contribution in [1.82, 2.24) is 0 Å². The summed E-state index contributed by atoms with van der Waals surface area (Å²) in [6.45, 7) is 7.68. The Bertz CT molecular complexity index is 386. The molecule has 80 valence electrons. The van der Waals surface area contributed by atoms with E-state index in [4.69, 9.17) is 0 Å². The van der Waals surface area contributed by atoms with E-state index in [1.54, 1.807) is 13.8 Å². The van der Waals surface area contributed by atoms with Crippen LogP contribution in [0.15, 0.2) is 24.3 Å². The van der Waals surface area contributed by atoms with Crippen LogP contribution in [0.25, 0.3) is 0 Å². The minimum atomic E-state index is -0.923. The largest absolute Gasteiger partial charge is 0.378 e. The topological polar surface area (TPSA) is 20.2 Å². The van der Waals surface area contributed by atoms with Crippen LogP contribution in [0.3, 0.4) is 0 Å². The Morgan fingerprint density at radius 2 is 1.93 bits per heavy atom. The first-order chi connectivity index (χ1) is 6.88. The summed E-state index contributed by atoms with van der Waals surface area (Å²) < 4.78 is 0. The fourth-order valence-corrected chi connectivity index (χ4v) is 1.20. The van der Waals surface area contributed by atoms with Crippen molar-refractivity contribution in [2.75, 3.05) is 0 Å². The lowest BCUT2D eigenvalue weighted by Gasteiger charge is -2.07. The molecule has 0 saturated heterocycles. The van der Waals surface area contributed by atoms with E-state index in [1.165, 1.54) is 5.56 Å². The van der Waals surface area contributed by atoms with E-state index in [9.17, 15) is 5.11 Å². The average molecular weight is 202 g/mol. The molecule has 0 bridgehead atoms. The third-order valence-corrected chi connectivity index (χ3v) is 2.07. The van der Waals surface area contributed by atoms with Crippen LogP contribution in [0.5, 0.6) is 0 Å². The molecule has 0 aliphatic carbocycles. The van der Waals surface area contributed by atoms with E-state index in [1.807, 2.05) is 12.1 Å². The number of hydrogen-bond donors (Lipinski definition) is 1. The van der Waals surface area contributed by atoms with Gasteiger partial charge < -0.3 is 5.11 Å². The Balaban J connectivity index is 2.95. The molecule has 0 aliphatic rings. The fraction of sp³-hybridized carbons (Fsp3) is 0.429. The van der Waals surface area contributed by atoms with E-state index < -0.39 is 5.60 Å². The van der Waals surface area contributed by atoms with Gasteiger partial charge in [-0.25, -0.2) is 0 Å². The summed E-state index contributed by atoms with van der Waals surface area (Å²) in [7, 11) is 0. The van der Waals surface area contributed by atoms with Gasteiger partial charge in [-0.1, -0.05) is 37.8 Å². The predicted octanol–water partition coefficient (Wildman–Crippen LogP) is 2.93. The van der Waals surface area contributed by atoms with Gasteiger partial charge in [0.15, 0.2) is 0 Å². The van der Waals surface area contributed by atoms with Gasteiger partial charge in [0.2, 0.25) is 0 Å². The number of hydrogen-bond acceptors (Lipinski definition) is 1. The molecule has 0 amide bonds.